The molecule has 8 atom stereocenters. The molecule has 0 spiro atoms. The van der Waals surface area contributed by atoms with Crippen LogP contribution in [0, 0.1) is 28.6 Å². The second-order valence-corrected chi connectivity index (χ2v) is 12.8. The van der Waals surface area contributed by atoms with Crippen LogP contribution in [0.25, 0.3) is 0 Å². The first-order chi connectivity index (χ1) is 17.6. The summed E-state index contributed by atoms with van der Waals surface area (Å²) in [5.41, 5.74) is -0.116. The lowest BCUT2D eigenvalue weighted by atomic mass is 9.43. The highest BCUT2D eigenvalue weighted by atomic mass is 16.5. The third kappa shape index (κ3) is 4.55. The Balaban J connectivity index is 1.24. The van der Waals surface area contributed by atoms with Crippen LogP contribution in [0.3, 0.4) is 0 Å². The molecule has 2 unspecified atom stereocenters. The van der Waals surface area contributed by atoms with Crippen molar-refractivity contribution in [1.29, 1.82) is 0 Å². The van der Waals surface area contributed by atoms with Crippen LogP contribution in [0.2, 0.25) is 0 Å². The van der Waals surface area contributed by atoms with Gasteiger partial charge in [0.05, 0.1) is 11.9 Å². The molecule has 1 heterocycles. The highest BCUT2D eigenvalue weighted by Gasteiger charge is 2.67. The third-order valence-electron chi connectivity index (χ3n) is 11.2. The fourth-order valence-electron chi connectivity index (χ4n) is 9.18. The molecule has 0 radical (unpaired) electrons. The van der Waals surface area contributed by atoms with Gasteiger partial charge in [-0.15, -0.1) is 0 Å². The lowest BCUT2D eigenvalue weighted by Crippen LogP contribution is -2.62. The molecule has 7 nitrogen and oxygen atoms in total. The molecule has 0 aliphatic heterocycles. The van der Waals surface area contributed by atoms with Crippen molar-refractivity contribution in [3.05, 3.63) is 34.4 Å². The molecule has 0 saturated heterocycles. The zero-order chi connectivity index (χ0) is 26.4. The zero-order valence-electron chi connectivity index (χ0n) is 22.2. The second-order valence-electron chi connectivity index (χ2n) is 12.8. The average Bonchev–Trinajstić information content (AvgIpc) is 3.14. The lowest BCUT2D eigenvalue weighted by Gasteiger charge is -2.63. The number of carbonyl (C=O) groups excluding carboxylic acids is 1. The summed E-state index contributed by atoms with van der Waals surface area (Å²) in [5.74, 6) is 0.375. The summed E-state index contributed by atoms with van der Waals surface area (Å²) in [7, 11) is 0. The number of esters is 1. The van der Waals surface area contributed by atoms with Gasteiger partial charge in [0.1, 0.15) is 6.10 Å². The van der Waals surface area contributed by atoms with Gasteiger partial charge in [-0.05, 0) is 111 Å². The van der Waals surface area contributed by atoms with E-state index in [-0.39, 0.29) is 53.2 Å². The van der Waals surface area contributed by atoms with Gasteiger partial charge in [-0.3, -0.25) is 9.59 Å². The van der Waals surface area contributed by atoms with Crippen LogP contribution in [0.1, 0.15) is 109 Å². The SMILES string of the molecule is C[C@]12CC[C@H](OC(=O)CCCCC(=O)O)C[C@H]1CCC1C2CC[C@]2(C)[C@@H](c3ccc(=O)oc3)CC[C@]12O. The van der Waals surface area contributed by atoms with E-state index in [2.05, 4.69) is 13.8 Å². The fourth-order valence-corrected chi connectivity index (χ4v) is 9.18. The molecule has 4 saturated carbocycles. The van der Waals surface area contributed by atoms with E-state index in [0.29, 0.717) is 24.7 Å². The summed E-state index contributed by atoms with van der Waals surface area (Å²) in [6.45, 7) is 4.68. The van der Waals surface area contributed by atoms with Gasteiger partial charge >= 0.3 is 17.6 Å². The summed E-state index contributed by atoms with van der Waals surface area (Å²) in [6.07, 6.45) is 11.5. The smallest absolute Gasteiger partial charge is 0.335 e. The first-order valence-corrected chi connectivity index (χ1v) is 14.3. The van der Waals surface area contributed by atoms with Gasteiger partial charge in [0.15, 0.2) is 0 Å². The summed E-state index contributed by atoms with van der Waals surface area (Å²) in [4.78, 5) is 34.6. The summed E-state index contributed by atoms with van der Waals surface area (Å²) in [5, 5.41) is 21.1. The minimum absolute atomic E-state index is 0.0536. The number of ether oxygens (including phenoxy) is 1. The molecule has 5 rings (SSSR count). The number of aliphatic hydroxyl groups is 1. The number of rotatable bonds is 7. The number of carboxylic acids is 1. The van der Waals surface area contributed by atoms with Gasteiger partial charge in [0, 0.05) is 24.3 Å². The van der Waals surface area contributed by atoms with Crippen molar-refractivity contribution in [2.24, 2.45) is 28.6 Å². The van der Waals surface area contributed by atoms with Gasteiger partial charge in [0.2, 0.25) is 0 Å². The molecule has 1 aromatic heterocycles. The molecule has 0 bridgehead atoms. The molecule has 4 aliphatic carbocycles. The third-order valence-corrected chi connectivity index (χ3v) is 11.2. The molecular formula is C30H42O7. The Bertz CT molecular complexity index is 1060. The topological polar surface area (TPSA) is 114 Å². The van der Waals surface area contributed by atoms with E-state index < -0.39 is 11.6 Å². The maximum atomic E-state index is 12.4. The van der Waals surface area contributed by atoms with E-state index in [4.69, 9.17) is 14.3 Å². The van der Waals surface area contributed by atoms with Gasteiger partial charge < -0.3 is 19.4 Å². The quantitative estimate of drug-likeness (QED) is 0.368. The molecular weight excluding hydrogens is 472 g/mol. The van der Waals surface area contributed by atoms with E-state index in [0.717, 1.165) is 63.4 Å². The molecule has 1 aromatic rings. The number of carboxylic acid groups (broad SMARTS) is 1. The molecule has 0 amide bonds. The van der Waals surface area contributed by atoms with Gasteiger partial charge in [-0.25, -0.2) is 4.79 Å². The number of aliphatic carboxylic acids is 1. The Labute approximate surface area is 219 Å². The van der Waals surface area contributed by atoms with Crippen LogP contribution < -0.4 is 5.63 Å². The predicted octanol–water partition coefficient (Wildman–Crippen LogP) is 5.44. The Morgan fingerprint density at radius 2 is 1.78 bits per heavy atom. The molecule has 37 heavy (non-hydrogen) atoms. The van der Waals surface area contributed by atoms with Gasteiger partial charge in [0.25, 0.3) is 0 Å². The van der Waals surface area contributed by atoms with Crippen LogP contribution in [-0.2, 0) is 14.3 Å². The number of hydrogen-bond acceptors (Lipinski definition) is 6. The number of fused-ring (bicyclic) bond motifs is 5. The van der Waals surface area contributed by atoms with Gasteiger partial charge in [-0.2, -0.15) is 0 Å². The van der Waals surface area contributed by atoms with Crippen LogP contribution in [0.4, 0.5) is 0 Å². The van der Waals surface area contributed by atoms with Crippen molar-refractivity contribution in [3.63, 3.8) is 0 Å². The molecule has 204 valence electrons. The van der Waals surface area contributed by atoms with Crippen LogP contribution in [0.15, 0.2) is 27.6 Å². The normalized spacial score (nSPS) is 40.8. The second kappa shape index (κ2) is 9.87. The maximum Gasteiger partial charge on any atom is 0.335 e. The van der Waals surface area contributed by atoms with Crippen LogP contribution in [-0.4, -0.2) is 33.9 Å². The highest BCUT2D eigenvalue weighted by Crippen LogP contribution is 2.70. The number of carbonyl (C=O) groups is 2. The lowest BCUT2D eigenvalue weighted by molar-refractivity contribution is -0.207. The van der Waals surface area contributed by atoms with Crippen molar-refractivity contribution >= 4 is 11.9 Å². The molecule has 7 heteroatoms. The van der Waals surface area contributed by atoms with Crippen molar-refractivity contribution < 1.29 is 29.0 Å². The largest absolute Gasteiger partial charge is 0.481 e. The Morgan fingerprint density at radius 3 is 2.51 bits per heavy atom. The Morgan fingerprint density at radius 1 is 1.00 bits per heavy atom. The molecule has 0 aromatic carbocycles. The van der Waals surface area contributed by atoms with E-state index >= 15 is 0 Å². The predicted molar refractivity (Wildman–Crippen MR) is 137 cm³/mol. The van der Waals surface area contributed by atoms with Crippen molar-refractivity contribution in [2.75, 3.05) is 0 Å². The minimum Gasteiger partial charge on any atom is -0.481 e. The van der Waals surface area contributed by atoms with E-state index in [1.807, 2.05) is 6.07 Å². The van der Waals surface area contributed by atoms with E-state index in [9.17, 15) is 19.5 Å². The minimum atomic E-state index is -0.829. The van der Waals surface area contributed by atoms with Crippen molar-refractivity contribution in [3.8, 4) is 0 Å². The zero-order valence-corrected chi connectivity index (χ0v) is 22.2. The maximum absolute atomic E-state index is 12.4. The van der Waals surface area contributed by atoms with Crippen LogP contribution in [0.5, 0.6) is 0 Å². The standard InChI is InChI=1S/C30H42O7/c1-28-14-11-21(37-27(34)6-4-3-5-25(31)32)17-20(28)8-9-24-23(28)12-15-29(2)22(13-16-30(24,29)35)19-7-10-26(33)36-18-19/h7,10,18,20-24,35H,3-6,8-9,11-17H2,1-2H3,(H,31,32)/t20-,21+,22-,23?,24?,28+,29-,30+/m1/s1. The Kier molecular flexibility index (Phi) is 7.05. The summed E-state index contributed by atoms with van der Waals surface area (Å²) >= 11 is 0. The summed E-state index contributed by atoms with van der Waals surface area (Å²) in [6, 6.07) is 3.38. The van der Waals surface area contributed by atoms with Crippen LogP contribution >= 0.6 is 0 Å². The van der Waals surface area contributed by atoms with E-state index in [1.54, 1.807) is 6.26 Å². The Hall–Kier alpha value is -2.15. The monoisotopic (exact) mass is 514 g/mol. The fraction of sp³-hybridized carbons (Fsp3) is 0.767. The van der Waals surface area contributed by atoms with Crippen molar-refractivity contribution in [1.82, 2.24) is 0 Å². The number of unbranched alkanes of at least 4 members (excludes halogenated alkanes) is 1. The average molecular weight is 515 g/mol. The highest BCUT2D eigenvalue weighted by molar-refractivity contribution is 5.70. The first kappa shape index (κ1) is 26.5. The summed E-state index contributed by atoms with van der Waals surface area (Å²) < 4.78 is 11.0. The number of hydrogen-bond donors (Lipinski definition) is 2. The van der Waals surface area contributed by atoms with E-state index in [1.165, 1.54) is 6.07 Å². The molecule has 4 fully saturated rings. The molecule has 2 N–H and O–H groups in total. The molecule has 4 aliphatic rings. The van der Waals surface area contributed by atoms with Crippen molar-refractivity contribution in [2.45, 2.75) is 115 Å². The first-order valence-electron chi connectivity index (χ1n) is 14.3. The van der Waals surface area contributed by atoms with Gasteiger partial charge in [-0.1, -0.05) is 13.8 Å².